The normalized spacial score (nSPS) is 46.0. The summed E-state index contributed by atoms with van der Waals surface area (Å²) in [6, 6.07) is 0. The molecule has 0 aromatic rings. The number of esters is 2. The van der Waals surface area contributed by atoms with Gasteiger partial charge in [0.25, 0.3) is 0 Å². The highest BCUT2D eigenvalue weighted by molar-refractivity contribution is 5.87. The van der Waals surface area contributed by atoms with E-state index in [2.05, 4.69) is 6.92 Å². The van der Waals surface area contributed by atoms with E-state index in [4.69, 9.17) is 14.2 Å². The summed E-state index contributed by atoms with van der Waals surface area (Å²) < 4.78 is 16.2. The van der Waals surface area contributed by atoms with Crippen molar-refractivity contribution in [2.24, 2.45) is 16.7 Å². The molecule has 0 aromatic heterocycles. The lowest BCUT2D eigenvalue weighted by Gasteiger charge is -2.52. The highest BCUT2D eigenvalue weighted by Gasteiger charge is 2.65. The zero-order chi connectivity index (χ0) is 15.7. The summed E-state index contributed by atoms with van der Waals surface area (Å²) in [5.74, 6) is -0.429. The molecule has 5 heteroatoms. The maximum atomic E-state index is 12.4. The van der Waals surface area contributed by atoms with E-state index < -0.39 is 11.7 Å². The molecule has 5 nitrogen and oxygen atoms in total. The third-order valence-electron chi connectivity index (χ3n) is 6.03. The Morgan fingerprint density at radius 2 is 1.91 bits per heavy atom. The minimum Gasteiger partial charge on any atom is -0.457 e. The van der Waals surface area contributed by atoms with E-state index in [1.54, 1.807) is 6.08 Å². The fourth-order valence-electron chi connectivity index (χ4n) is 5.10. The van der Waals surface area contributed by atoms with Crippen LogP contribution in [0.3, 0.4) is 0 Å². The van der Waals surface area contributed by atoms with Gasteiger partial charge in [-0.15, -0.1) is 0 Å². The number of carbonyl (C=O) groups excluding carboxylic acids is 2. The Hall–Kier alpha value is -1.62. The molecule has 2 fully saturated rings. The Balaban J connectivity index is 1.92. The Morgan fingerprint density at radius 1 is 1.18 bits per heavy atom. The quantitative estimate of drug-likeness (QED) is 0.694. The Labute approximate surface area is 129 Å². The van der Waals surface area contributed by atoms with Crippen LogP contribution in [0.15, 0.2) is 23.3 Å². The van der Waals surface area contributed by atoms with Gasteiger partial charge in [-0.05, 0) is 31.4 Å². The van der Waals surface area contributed by atoms with E-state index in [1.165, 1.54) is 7.11 Å². The largest absolute Gasteiger partial charge is 0.457 e. The number of hydrogen-bond donors (Lipinski definition) is 0. The fourth-order valence-corrected chi connectivity index (χ4v) is 5.10. The number of hydrogen-bond acceptors (Lipinski definition) is 5. The van der Waals surface area contributed by atoms with Crippen LogP contribution in [0.5, 0.6) is 0 Å². The highest BCUT2D eigenvalue weighted by atomic mass is 16.7. The monoisotopic (exact) mass is 304 g/mol. The van der Waals surface area contributed by atoms with E-state index in [1.807, 2.05) is 13.0 Å². The smallest absolute Gasteiger partial charge is 0.333 e. The molecule has 2 aliphatic carbocycles. The lowest BCUT2D eigenvalue weighted by Crippen LogP contribution is -2.51. The first kappa shape index (κ1) is 14.0. The molecular weight excluding hydrogens is 284 g/mol. The van der Waals surface area contributed by atoms with Gasteiger partial charge >= 0.3 is 11.9 Å². The third-order valence-corrected chi connectivity index (χ3v) is 6.03. The van der Waals surface area contributed by atoms with Gasteiger partial charge in [0.2, 0.25) is 6.29 Å². The molecular formula is C17H20O5. The molecule has 1 saturated heterocycles. The SMILES string of the molecule is CO[C@@H]1OC(=O)C=C2C1=C[C@@H]1OC(=O)[C@]3(C)CCC[C@]2(C)[C@H]13. The number of cyclic esters (lactones) is 1. The first-order chi connectivity index (χ1) is 10.4. The molecule has 0 amide bonds. The first-order valence-corrected chi connectivity index (χ1v) is 7.79. The number of methoxy groups -OCH3 is 1. The molecule has 0 radical (unpaired) electrons. The Kier molecular flexibility index (Phi) is 2.69. The topological polar surface area (TPSA) is 61.8 Å². The van der Waals surface area contributed by atoms with E-state index in [-0.39, 0.29) is 29.4 Å². The molecule has 1 saturated carbocycles. The summed E-state index contributed by atoms with van der Waals surface area (Å²) in [5, 5.41) is 0. The van der Waals surface area contributed by atoms with Gasteiger partial charge in [-0.25, -0.2) is 4.79 Å². The predicted octanol–water partition coefficient (Wildman–Crippen LogP) is 2.12. The summed E-state index contributed by atoms with van der Waals surface area (Å²) in [7, 11) is 1.52. The minimum atomic E-state index is -0.710. The second-order valence-electron chi connectivity index (χ2n) is 7.22. The second kappa shape index (κ2) is 4.22. The number of carbonyl (C=O) groups is 2. The van der Waals surface area contributed by atoms with Crippen molar-refractivity contribution in [3.05, 3.63) is 23.3 Å². The lowest BCUT2D eigenvalue weighted by atomic mass is 9.50. The maximum absolute atomic E-state index is 12.4. The summed E-state index contributed by atoms with van der Waals surface area (Å²) in [6.07, 6.45) is 5.26. The van der Waals surface area contributed by atoms with E-state index in [9.17, 15) is 9.59 Å². The van der Waals surface area contributed by atoms with Gasteiger partial charge in [-0.1, -0.05) is 13.3 Å². The van der Waals surface area contributed by atoms with Gasteiger partial charge in [-0.2, -0.15) is 0 Å². The van der Waals surface area contributed by atoms with Crippen molar-refractivity contribution in [2.45, 2.75) is 45.5 Å². The summed E-state index contributed by atoms with van der Waals surface area (Å²) in [5.41, 5.74) is 1.07. The van der Waals surface area contributed by atoms with Crippen LogP contribution < -0.4 is 0 Å². The number of rotatable bonds is 1. The van der Waals surface area contributed by atoms with Crippen LogP contribution >= 0.6 is 0 Å². The zero-order valence-corrected chi connectivity index (χ0v) is 13.0. The summed E-state index contributed by atoms with van der Waals surface area (Å²) >= 11 is 0. The number of ether oxygens (including phenoxy) is 3. The Bertz CT molecular complexity index is 633. The molecule has 0 aromatic carbocycles. The molecule has 0 unspecified atom stereocenters. The standard InChI is InChI=1S/C17H20O5/c1-16-5-4-6-17(2)13(16)11(21-15(17)19)7-9-10(16)8-12(18)22-14(9)20-3/h7-8,11,13-14H,4-6H2,1-3H3/t11-,13-,14+,16-,17+/m0/s1. The molecule has 2 aliphatic heterocycles. The molecule has 0 bridgehead atoms. The van der Waals surface area contributed by atoms with Gasteiger partial charge in [0.1, 0.15) is 6.10 Å². The van der Waals surface area contributed by atoms with E-state index in [0.29, 0.717) is 0 Å². The minimum absolute atomic E-state index is 0.0691. The molecule has 4 aliphatic rings. The van der Waals surface area contributed by atoms with Gasteiger partial charge in [0.15, 0.2) is 0 Å². The Morgan fingerprint density at radius 3 is 2.64 bits per heavy atom. The highest BCUT2D eigenvalue weighted by Crippen LogP contribution is 2.64. The van der Waals surface area contributed by atoms with Gasteiger partial charge in [-0.3, -0.25) is 4.79 Å². The van der Waals surface area contributed by atoms with Crippen LogP contribution in [-0.2, 0) is 23.8 Å². The second-order valence-corrected chi connectivity index (χ2v) is 7.22. The number of fused-ring (bicyclic) bond motifs is 2. The maximum Gasteiger partial charge on any atom is 0.333 e. The molecule has 2 heterocycles. The molecule has 118 valence electrons. The van der Waals surface area contributed by atoms with Crippen molar-refractivity contribution in [2.75, 3.05) is 7.11 Å². The molecule has 22 heavy (non-hydrogen) atoms. The van der Waals surface area contributed by atoms with E-state index in [0.717, 1.165) is 30.4 Å². The van der Waals surface area contributed by atoms with Crippen LogP contribution in [0.2, 0.25) is 0 Å². The first-order valence-electron chi connectivity index (χ1n) is 7.79. The average molecular weight is 304 g/mol. The van der Waals surface area contributed by atoms with Crippen LogP contribution in [0, 0.1) is 16.7 Å². The lowest BCUT2D eigenvalue weighted by molar-refractivity contribution is -0.163. The summed E-state index contributed by atoms with van der Waals surface area (Å²) in [4.78, 5) is 24.4. The van der Waals surface area contributed by atoms with Crippen molar-refractivity contribution < 1.29 is 23.8 Å². The van der Waals surface area contributed by atoms with Crippen molar-refractivity contribution in [3.8, 4) is 0 Å². The van der Waals surface area contributed by atoms with Gasteiger partial charge in [0.05, 0.1) is 5.41 Å². The molecule has 5 atom stereocenters. The fraction of sp³-hybridized carbons (Fsp3) is 0.647. The molecule has 0 spiro atoms. The van der Waals surface area contributed by atoms with Crippen molar-refractivity contribution in [1.29, 1.82) is 0 Å². The van der Waals surface area contributed by atoms with Crippen LogP contribution in [0.4, 0.5) is 0 Å². The zero-order valence-electron chi connectivity index (χ0n) is 13.0. The van der Waals surface area contributed by atoms with E-state index >= 15 is 0 Å². The predicted molar refractivity (Wildman–Crippen MR) is 76.5 cm³/mol. The van der Waals surface area contributed by atoms with Crippen molar-refractivity contribution >= 4 is 11.9 Å². The van der Waals surface area contributed by atoms with Gasteiger partial charge in [0, 0.05) is 30.1 Å². The molecule has 0 N–H and O–H groups in total. The van der Waals surface area contributed by atoms with Crippen LogP contribution in [-0.4, -0.2) is 31.4 Å². The van der Waals surface area contributed by atoms with Crippen molar-refractivity contribution in [1.82, 2.24) is 0 Å². The average Bonchev–Trinajstić information content (AvgIpc) is 2.72. The summed E-state index contributed by atoms with van der Waals surface area (Å²) in [6.45, 7) is 4.15. The van der Waals surface area contributed by atoms with Crippen LogP contribution in [0.25, 0.3) is 0 Å². The third kappa shape index (κ3) is 1.52. The van der Waals surface area contributed by atoms with Crippen molar-refractivity contribution in [3.63, 3.8) is 0 Å². The van der Waals surface area contributed by atoms with Gasteiger partial charge < -0.3 is 14.2 Å². The van der Waals surface area contributed by atoms with Crippen LogP contribution in [0.1, 0.15) is 33.1 Å². The molecule has 4 rings (SSSR count).